The Labute approximate surface area is 296 Å². The van der Waals surface area contributed by atoms with Crippen LogP contribution in [0, 0.1) is 0 Å². The number of rotatable bonds is 5. The van der Waals surface area contributed by atoms with Crippen LogP contribution >= 0.6 is 0 Å². The van der Waals surface area contributed by atoms with Crippen molar-refractivity contribution < 1.29 is 24.4 Å². The summed E-state index contributed by atoms with van der Waals surface area (Å²) in [5, 5.41) is 31.1. The maximum Gasteiger partial charge on any atom is 0.330 e. The smallest absolute Gasteiger partial charge is 0.330 e. The zero-order valence-corrected chi connectivity index (χ0v) is 30.1. The van der Waals surface area contributed by atoms with Gasteiger partial charge in [0.1, 0.15) is 19.0 Å². The van der Waals surface area contributed by atoms with Gasteiger partial charge in [0, 0.05) is 16.3 Å². The van der Waals surface area contributed by atoms with Gasteiger partial charge in [-0.25, -0.2) is 0 Å². The number of hydrogen-bond acceptors (Lipinski definition) is 5. The van der Waals surface area contributed by atoms with E-state index in [1.165, 1.54) is 38.9 Å². The summed E-state index contributed by atoms with van der Waals surface area (Å²) < 4.78 is 12.8. The van der Waals surface area contributed by atoms with Crippen molar-refractivity contribution in [1.82, 2.24) is 0 Å². The fourth-order valence-corrected chi connectivity index (χ4v) is 6.91. The Kier molecular flexibility index (Phi) is 7.86. The topological polar surface area (TPSA) is 83.1 Å². The van der Waals surface area contributed by atoms with E-state index in [1.807, 2.05) is 32.0 Å². The molecular formula is C43H43B2O5. The SMILES string of the molecule is CC(C)(O)C(C)(C)O.[B]c1ccc2c(c1)C1(c3cc([B]OC(C)(C)C(C)(C)O)ccc3-2)c2ccccc2-c2c1ccc1c2oc2ccccc21. The van der Waals surface area contributed by atoms with Crippen LogP contribution in [0.15, 0.2) is 101 Å². The largest absolute Gasteiger partial charge is 0.455 e. The van der Waals surface area contributed by atoms with Gasteiger partial charge in [0.25, 0.3) is 0 Å². The Morgan fingerprint density at radius 3 is 1.90 bits per heavy atom. The average molecular weight is 661 g/mol. The van der Waals surface area contributed by atoms with Crippen LogP contribution < -0.4 is 10.9 Å². The summed E-state index contributed by atoms with van der Waals surface area (Å²) in [4.78, 5) is 0. The molecule has 3 N–H and O–H groups in total. The summed E-state index contributed by atoms with van der Waals surface area (Å²) in [5.41, 5.74) is 8.51. The van der Waals surface area contributed by atoms with E-state index >= 15 is 0 Å². The molecule has 0 aliphatic heterocycles. The lowest BCUT2D eigenvalue weighted by Crippen LogP contribution is -2.49. The molecule has 0 saturated carbocycles. The van der Waals surface area contributed by atoms with Gasteiger partial charge in [-0.2, -0.15) is 0 Å². The maximum absolute atomic E-state index is 10.7. The first-order chi connectivity index (χ1) is 23.4. The first kappa shape index (κ1) is 34.3. The predicted molar refractivity (Wildman–Crippen MR) is 205 cm³/mol. The highest BCUT2D eigenvalue weighted by Crippen LogP contribution is 2.63. The zero-order chi connectivity index (χ0) is 36.0. The maximum atomic E-state index is 10.7. The van der Waals surface area contributed by atoms with Gasteiger partial charge in [0.05, 0.1) is 27.8 Å². The second-order valence-electron chi connectivity index (χ2n) is 15.8. The van der Waals surface area contributed by atoms with E-state index < -0.39 is 27.8 Å². The van der Waals surface area contributed by atoms with Gasteiger partial charge < -0.3 is 24.4 Å². The highest BCUT2D eigenvalue weighted by atomic mass is 16.5. The number of hydrogen-bond donors (Lipinski definition) is 3. The van der Waals surface area contributed by atoms with Crippen LogP contribution in [-0.4, -0.2) is 53.1 Å². The Morgan fingerprint density at radius 1 is 0.600 bits per heavy atom. The van der Waals surface area contributed by atoms with E-state index in [-0.39, 0.29) is 0 Å². The molecule has 5 aromatic carbocycles. The molecule has 1 atom stereocenters. The van der Waals surface area contributed by atoms with Crippen LogP contribution in [0.1, 0.15) is 77.6 Å². The highest BCUT2D eigenvalue weighted by molar-refractivity contribution is 6.47. The van der Waals surface area contributed by atoms with Crippen molar-refractivity contribution in [2.24, 2.45) is 0 Å². The molecule has 7 heteroatoms. The van der Waals surface area contributed by atoms with Crippen molar-refractivity contribution in [2.45, 2.75) is 83.2 Å². The molecule has 2 aliphatic carbocycles. The number of aliphatic hydroxyl groups is 3. The van der Waals surface area contributed by atoms with Crippen LogP contribution in [0.2, 0.25) is 0 Å². The molecular weight excluding hydrogens is 618 g/mol. The summed E-state index contributed by atoms with van der Waals surface area (Å²) >= 11 is 0. The van der Waals surface area contributed by atoms with Crippen LogP contribution in [0.5, 0.6) is 0 Å². The van der Waals surface area contributed by atoms with Crippen LogP contribution in [0.25, 0.3) is 44.2 Å². The van der Waals surface area contributed by atoms with Gasteiger partial charge in [-0.1, -0.05) is 102 Å². The summed E-state index contributed by atoms with van der Waals surface area (Å²) in [5.74, 6) is 0. The van der Waals surface area contributed by atoms with Crippen LogP contribution in [0.3, 0.4) is 0 Å². The molecule has 0 amide bonds. The fraction of sp³-hybridized carbons (Fsp3) is 0.302. The van der Waals surface area contributed by atoms with E-state index in [2.05, 4.69) is 78.9 Å². The molecule has 251 valence electrons. The molecule has 6 aromatic rings. The summed E-state index contributed by atoms with van der Waals surface area (Å²) in [6.45, 7) is 13.6. The molecule has 8 rings (SSSR count). The van der Waals surface area contributed by atoms with Crippen molar-refractivity contribution in [3.05, 3.63) is 119 Å². The highest BCUT2D eigenvalue weighted by Gasteiger charge is 2.52. The molecule has 3 radical (unpaired) electrons. The first-order valence-corrected chi connectivity index (χ1v) is 17.1. The van der Waals surface area contributed by atoms with E-state index in [4.69, 9.17) is 27.1 Å². The number of benzene rings is 5. The summed E-state index contributed by atoms with van der Waals surface area (Å²) in [6, 6.07) is 34.2. The number of fused-ring (bicyclic) bond motifs is 14. The monoisotopic (exact) mass is 661 g/mol. The second kappa shape index (κ2) is 11.4. The molecule has 1 spiro atoms. The second-order valence-corrected chi connectivity index (χ2v) is 15.8. The Morgan fingerprint density at radius 2 is 1.22 bits per heavy atom. The van der Waals surface area contributed by atoms with Crippen molar-refractivity contribution in [3.8, 4) is 22.3 Å². The third-order valence-corrected chi connectivity index (χ3v) is 11.2. The minimum absolute atomic E-state index is 0.575. The van der Waals surface area contributed by atoms with E-state index in [0.29, 0.717) is 0 Å². The van der Waals surface area contributed by atoms with Gasteiger partial charge in [0.2, 0.25) is 0 Å². The van der Waals surface area contributed by atoms with Gasteiger partial charge in [-0.3, -0.25) is 0 Å². The zero-order valence-electron chi connectivity index (χ0n) is 30.1. The molecule has 5 nitrogen and oxygen atoms in total. The average Bonchev–Trinajstić information content (AvgIpc) is 3.66. The minimum atomic E-state index is -1.02. The number of para-hydroxylation sites is 1. The normalized spacial score (nSPS) is 16.5. The Hall–Kier alpha value is -4.13. The standard InChI is InChI=1S/C37H29B2O3.C6H14O2/c1-35(2,40)36(3,4)42-39-22-14-16-24-23-15-13-21(38)19-30(23)37(31(24)20-22)28-11-7-5-10-27(28)33-29(37)18-17-26-25-9-6-8-12-32(25)41-34(26)33;1-5(2,7)6(3,4)8/h5-20,40H,1-4H3;7-8H,1-4H3. The van der Waals surface area contributed by atoms with Crippen molar-refractivity contribution in [2.75, 3.05) is 0 Å². The first-order valence-electron chi connectivity index (χ1n) is 17.1. The lowest BCUT2D eigenvalue weighted by atomic mass is 9.68. The molecule has 2 aliphatic rings. The van der Waals surface area contributed by atoms with Gasteiger partial charge in [-0.05, 0) is 100 Å². The Balaban J connectivity index is 0.000000440. The van der Waals surface area contributed by atoms with Crippen LogP contribution in [-0.2, 0) is 10.1 Å². The van der Waals surface area contributed by atoms with Crippen molar-refractivity contribution in [1.29, 1.82) is 0 Å². The lowest BCUT2D eigenvalue weighted by molar-refractivity contribution is -0.107. The van der Waals surface area contributed by atoms with E-state index in [1.54, 1.807) is 49.0 Å². The molecule has 0 saturated heterocycles. The Bertz CT molecular complexity index is 2270. The lowest BCUT2D eigenvalue weighted by Gasteiger charge is -2.37. The van der Waals surface area contributed by atoms with Crippen molar-refractivity contribution in [3.63, 3.8) is 0 Å². The molecule has 0 bridgehead atoms. The molecule has 1 aromatic heterocycles. The van der Waals surface area contributed by atoms with E-state index in [9.17, 15) is 5.11 Å². The number of furan rings is 1. The fourth-order valence-electron chi connectivity index (χ4n) is 6.91. The third kappa shape index (κ3) is 5.17. The molecule has 1 unspecified atom stereocenters. The van der Waals surface area contributed by atoms with Gasteiger partial charge in [0.15, 0.2) is 0 Å². The summed E-state index contributed by atoms with van der Waals surface area (Å²) in [6.07, 6.45) is 0. The van der Waals surface area contributed by atoms with Crippen LogP contribution in [0.4, 0.5) is 0 Å². The van der Waals surface area contributed by atoms with E-state index in [0.717, 1.165) is 38.4 Å². The predicted octanol–water partition coefficient (Wildman–Crippen LogP) is 7.06. The molecule has 1 heterocycles. The van der Waals surface area contributed by atoms with Gasteiger partial charge >= 0.3 is 7.48 Å². The molecule has 0 fully saturated rings. The quantitative estimate of drug-likeness (QED) is 0.172. The van der Waals surface area contributed by atoms with Crippen molar-refractivity contribution >= 4 is 48.2 Å². The summed E-state index contributed by atoms with van der Waals surface area (Å²) in [7, 11) is 8.27. The molecule has 50 heavy (non-hydrogen) atoms. The third-order valence-electron chi connectivity index (χ3n) is 11.2. The minimum Gasteiger partial charge on any atom is -0.455 e. The van der Waals surface area contributed by atoms with Gasteiger partial charge in [-0.15, -0.1) is 0 Å².